The van der Waals surface area contributed by atoms with E-state index in [9.17, 15) is 0 Å². The molecule has 0 bridgehead atoms. The van der Waals surface area contributed by atoms with E-state index >= 15 is 0 Å². The molecule has 2 heterocycles. The van der Waals surface area contributed by atoms with Gasteiger partial charge in [-0.1, -0.05) is 0 Å². The minimum Gasteiger partial charge on any atom is -0.331 e. The third-order valence-corrected chi connectivity index (χ3v) is 3.68. The second kappa shape index (κ2) is 2.84. The number of hydrogen-bond acceptors (Lipinski definition) is 1. The van der Waals surface area contributed by atoms with Gasteiger partial charge in [-0.05, 0) is 48.0 Å². The molecular formula is C10H13BrN2. The summed E-state index contributed by atoms with van der Waals surface area (Å²) < 4.78 is 3.56. The Balaban J connectivity index is 2.09. The van der Waals surface area contributed by atoms with Gasteiger partial charge in [0.05, 0.1) is 5.69 Å². The van der Waals surface area contributed by atoms with Gasteiger partial charge in [0.1, 0.15) is 10.4 Å². The highest BCUT2D eigenvalue weighted by Gasteiger charge is 2.31. The van der Waals surface area contributed by atoms with E-state index in [1.165, 1.54) is 50.2 Å². The van der Waals surface area contributed by atoms with Crippen molar-refractivity contribution >= 4 is 15.9 Å². The fraction of sp³-hybridized carbons (Fsp3) is 0.700. The van der Waals surface area contributed by atoms with Crippen LogP contribution < -0.4 is 0 Å². The summed E-state index contributed by atoms with van der Waals surface area (Å²) in [5.41, 5.74) is 1.44. The van der Waals surface area contributed by atoms with Crippen LogP contribution in [-0.4, -0.2) is 9.55 Å². The minimum atomic E-state index is 0.781. The molecule has 0 spiro atoms. The van der Waals surface area contributed by atoms with Gasteiger partial charge in [0.15, 0.2) is 0 Å². The molecule has 0 saturated heterocycles. The maximum atomic E-state index is 4.63. The van der Waals surface area contributed by atoms with Gasteiger partial charge in [0, 0.05) is 12.5 Å². The van der Waals surface area contributed by atoms with E-state index in [-0.39, 0.29) is 0 Å². The molecule has 0 unspecified atom stereocenters. The molecule has 0 N–H and O–H groups in total. The lowest BCUT2D eigenvalue weighted by molar-refractivity contribution is 0.514. The van der Waals surface area contributed by atoms with E-state index in [4.69, 9.17) is 0 Å². The Labute approximate surface area is 86.5 Å². The molecule has 0 atom stereocenters. The standard InChI is InChI=1S/C10H13BrN2/c11-9-8-3-1-2-6-13(8)10(12-9)7-4-5-7/h7H,1-6H2. The van der Waals surface area contributed by atoms with Crippen LogP contribution in [0.25, 0.3) is 0 Å². The van der Waals surface area contributed by atoms with E-state index in [0.717, 1.165) is 10.5 Å². The lowest BCUT2D eigenvalue weighted by atomic mass is 10.1. The van der Waals surface area contributed by atoms with Crippen molar-refractivity contribution in [2.75, 3.05) is 0 Å². The molecule has 1 saturated carbocycles. The summed E-state index contributed by atoms with van der Waals surface area (Å²) in [5, 5.41) is 0. The summed E-state index contributed by atoms with van der Waals surface area (Å²) in [5.74, 6) is 2.13. The molecule has 0 aromatic carbocycles. The molecule has 3 heteroatoms. The topological polar surface area (TPSA) is 17.8 Å². The van der Waals surface area contributed by atoms with Crippen molar-refractivity contribution in [3.05, 3.63) is 16.1 Å². The van der Waals surface area contributed by atoms with E-state index in [1.807, 2.05) is 0 Å². The largest absolute Gasteiger partial charge is 0.331 e. The molecule has 1 fully saturated rings. The van der Waals surface area contributed by atoms with Crippen LogP contribution in [0.2, 0.25) is 0 Å². The molecule has 1 aromatic rings. The van der Waals surface area contributed by atoms with Crippen LogP contribution in [0.5, 0.6) is 0 Å². The maximum absolute atomic E-state index is 4.63. The molecule has 1 aromatic heterocycles. The normalized spacial score (nSPS) is 21.6. The average Bonchev–Trinajstić information content (AvgIpc) is 2.94. The van der Waals surface area contributed by atoms with Crippen LogP contribution in [-0.2, 0) is 13.0 Å². The van der Waals surface area contributed by atoms with Gasteiger partial charge in [-0.25, -0.2) is 4.98 Å². The molecule has 3 rings (SSSR count). The van der Waals surface area contributed by atoms with Gasteiger partial charge in [-0.3, -0.25) is 0 Å². The SMILES string of the molecule is Brc1nc(C2CC2)n2c1CCCC2. The monoisotopic (exact) mass is 240 g/mol. The Morgan fingerprint density at radius 3 is 2.92 bits per heavy atom. The van der Waals surface area contributed by atoms with Gasteiger partial charge in [0.2, 0.25) is 0 Å². The first kappa shape index (κ1) is 8.04. The summed E-state index contributed by atoms with van der Waals surface area (Å²) in [6.45, 7) is 1.19. The molecule has 1 aliphatic carbocycles. The summed E-state index contributed by atoms with van der Waals surface area (Å²) >= 11 is 3.57. The van der Waals surface area contributed by atoms with Crippen LogP contribution in [0.4, 0.5) is 0 Å². The molecular weight excluding hydrogens is 228 g/mol. The van der Waals surface area contributed by atoms with Crippen LogP contribution in [0.1, 0.15) is 43.1 Å². The van der Waals surface area contributed by atoms with Crippen LogP contribution in [0, 0.1) is 0 Å². The van der Waals surface area contributed by atoms with E-state index in [0.29, 0.717) is 0 Å². The van der Waals surface area contributed by atoms with E-state index < -0.39 is 0 Å². The zero-order chi connectivity index (χ0) is 8.84. The lowest BCUT2D eigenvalue weighted by Crippen LogP contribution is -2.12. The fourth-order valence-corrected chi connectivity index (χ4v) is 2.77. The smallest absolute Gasteiger partial charge is 0.127 e. The zero-order valence-electron chi connectivity index (χ0n) is 7.59. The number of halogens is 1. The second-order valence-corrected chi connectivity index (χ2v) is 4.84. The molecule has 70 valence electrons. The second-order valence-electron chi connectivity index (χ2n) is 4.09. The molecule has 0 radical (unpaired) electrons. The molecule has 1 aliphatic heterocycles. The van der Waals surface area contributed by atoms with Crippen molar-refractivity contribution in [1.29, 1.82) is 0 Å². The van der Waals surface area contributed by atoms with Crippen LogP contribution in [0.3, 0.4) is 0 Å². The quantitative estimate of drug-likeness (QED) is 0.739. The van der Waals surface area contributed by atoms with Gasteiger partial charge >= 0.3 is 0 Å². The van der Waals surface area contributed by atoms with Crippen molar-refractivity contribution in [2.45, 2.75) is 44.6 Å². The number of nitrogens with zero attached hydrogens (tertiary/aromatic N) is 2. The predicted molar refractivity (Wildman–Crippen MR) is 54.8 cm³/mol. The highest BCUT2D eigenvalue weighted by Crippen LogP contribution is 2.41. The molecule has 13 heavy (non-hydrogen) atoms. The first-order valence-electron chi connectivity index (χ1n) is 5.11. The molecule has 2 nitrogen and oxygen atoms in total. The Morgan fingerprint density at radius 1 is 1.31 bits per heavy atom. The molecule has 0 amide bonds. The number of imidazole rings is 1. The highest BCUT2D eigenvalue weighted by atomic mass is 79.9. The molecule has 2 aliphatic rings. The number of fused-ring (bicyclic) bond motifs is 1. The zero-order valence-corrected chi connectivity index (χ0v) is 9.18. The summed E-state index contributed by atoms with van der Waals surface area (Å²) in [7, 11) is 0. The highest BCUT2D eigenvalue weighted by molar-refractivity contribution is 9.10. The van der Waals surface area contributed by atoms with Gasteiger partial charge in [-0.2, -0.15) is 0 Å². The van der Waals surface area contributed by atoms with Gasteiger partial charge < -0.3 is 4.57 Å². The fourth-order valence-electron chi connectivity index (χ4n) is 2.18. The third kappa shape index (κ3) is 1.25. The van der Waals surface area contributed by atoms with Crippen molar-refractivity contribution in [3.63, 3.8) is 0 Å². The lowest BCUT2D eigenvalue weighted by Gasteiger charge is -2.16. The summed E-state index contributed by atoms with van der Waals surface area (Å²) in [4.78, 5) is 4.63. The summed E-state index contributed by atoms with van der Waals surface area (Å²) in [6.07, 6.45) is 6.57. The van der Waals surface area contributed by atoms with Crippen LogP contribution >= 0.6 is 15.9 Å². The number of hydrogen-bond donors (Lipinski definition) is 0. The van der Waals surface area contributed by atoms with E-state index in [2.05, 4.69) is 25.5 Å². The van der Waals surface area contributed by atoms with Crippen LogP contribution in [0.15, 0.2) is 4.60 Å². The summed E-state index contributed by atoms with van der Waals surface area (Å²) in [6, 6.07) is 0. The van der Waals surface area contributed by atoms with Crippen molar-refractivity contribution in [1.82, 2.24) is 9.55 Å². The van der Waals surface area contributed by atoms with Gasteiger partial charge in [0.25, 0.3) is 0 Å². The average molecular weight is 241 g/mol. The number of aromatic nitrogens is 2. The van der Waals surface area contributed by atoms with Crippen molar-refractivity contribution < 1.29 is 0 Å². The Kier molecular flexibility index (Phi) is 1.76. The minimum absolute atomic E-state index is 0.781. The third-order valence-electron chi connectivity index (χ3n) is 3.04. The van der Waals surface area contributed by atoms with Crippen molar-refractivity contribution in [3.8, 4) is 0 Å². The number of rotatable bonds is 1. The van der Waals surface area contributed by atoms with Crippen molar-refractivity contribution in [2.24, 2.45) is 0 Å². The predicted octanol–water partition coefficient (Wildman–Crippen LogP) is 2.86. The first-order valence-corrected chi connectivity index (χ1v) is 5.90. The Morgan fingerprint density at radius 2 is 2.15 bits per heavy atom. The Hall–Kier alpha value is -0.310. The Bertz CT molecular complexity index is 339. The maximum Gasteiger partial charge on any atom is 0.127 e. The first-order chi connectivity index (χ1) is 6.36. The van der Waals surface area contributed by atoms with E-state index in [1.54, 1.807) is 0 Å². The van der Waals surface area contributed by atoms with Gasteiger partial charge in [-0.15, -0.1) is 0 Å².